The molecule has 4 rings (SSSR count). The van der Waals surface area contributed by atoms with Crippen LogP contribution in [0.4, 0.5) is 10.3 Å². The summed E-state index contributed by atoms with van der Waals surface area (Å²) in [5.74, 6) is -0.729. The Balaban J connectivity index is 1.63. The van der Waals surface area contributed by atoms with Gasteiger partial charge in [-0.05, 0) is 41.7 Å². The number of rotatable bonds is 9. The number of carbonyl (C=O) groups excluding carboxylic acids is 2. The second-order valence-electron chi connectivity index (χ2n) is 10.0. The van der Waals surface area contributed by atoms with Crippen molar-refractivity contribution in [2.24, 2.45) is 5.92 Å². The van der Waals surface area contributed by atoms with Crippen LogP contribution in [0, 0.1) is 11.7 Å². The lowest BCUT2D eigenvalue weighted by Gasteiger charge is -2.24. The third-order valence-electron chi connectivity index (χ3n) is 6.18. The minimum Gasteiger partial charge on any atom is -0.329 e. The minimum absolute atomic E-state index is 0.0564. The van der Waals surface area contributed by atoms with E-state index in [-0.39, 0.29) is 18.0 Å². The van der Waals surface area contributed by atoms with E-state index in [0.717, 1.165) is 11.3 Å². The molecule has 0 atom stereocenters. The number of hydrogen-bond donors (Lipinski definition) is 1. The van der Waals surface area contributed by atoms with Gasteiger partial charge in [0.1, 0.15) is 12.4 Å². The van der Waals surface area contributed by atoms with Gasteiger partial charge in [-0.1, -0.05) is 82.3 Å². The van der Waals surface area contributed by atoms with Gasteiger partial charge in [-0.2, -0.15) is 0 Å². The van der Waals surface area contributed by atoms with Crippen molar-refractivity contribution in [2.45, 2.75) is 33.6 Å². The molecular formula is C31H33FN4O2. The van der Waals surface area contributed by atoms with Gasteiger partial charge in [0.05, 0.1) is 11.3 Å². The number of nitrogens with zero attached hydrogens (tertiary/aromatic N) is 3. The highest BCUT2D eigenvalue weighted by Crippen LogP contribution is 2.25. The maximum absolute atomic E-state index is 14.3. The van der Waals surface area contributed by atoms with Gasteiger partial charge >= 0.3 is 0 Å². The standard InChI is InChI=1S/C31H33FN4O2/c1-21(2)18-35(30(38)26-12-8-9-13-27(26)32)20-29(37)34-31-33-28(24-10-6-5-7-11-24)19-36(31)25-16-14-23(15-17-25)22(3)4/h5-17,19,21-22H,18,20H2,1-4H3,(H,33,34,37). The lowest BCUT2D eigenvalue weighted by atomic mass is 10.0. The molecule has 2 amide bonds. The van der Waals surface area contributed by atoms with E-state index in [2.05, 4.69) is 31.3 Å². The smallest absolute Gasteiger partial charge is 0.257 e. The molecule has 1 N–H and O–H groups in total. The fraction of sp³-hybridized carbons (Fsp3) is 0.258. The highest BCUT2D eigenvalue weighted by atomic mass is 19.1. The van der Waals surface area contributed by atoms with Crippen molar-refractivity contribution in [3.63, 3.8) is 0 Å². The van der Waals surface area contributed by atoms with Crippen LogP contribution in [0.15, 0.2) is 85.1 Å². The maximum Gasteiger partial charge on any atom is 0.257 e. The van der Waals surface area contributed by atoms with Gasteiger partial charge in [-0.25, -0.2) is 9.37 Å². The Labute approximate surface area is 223 Å². The molecule has 4 aromatic rings. The van der Waals surface area contributed by atoms with Crippen molar-refractivity contribution in [3.8, 4) is 16.9 Å². The Morgan fingerprint density at radius 3 is 2.21 bits per heavy atom. The lowest BCUT2D eigenvalue weighted by Crippen LogP contribution is -2.40. The van der Waals surface area contributed by atoms with Crippen LogP contribution in [0.2, 0.25) is 0 Å². The topological polar surface area (TPSA) is 67.2 Å². The van der Waals surface area contributed by atoms with E-state index < -0.39 is 17.6 Å². The van der Waals surface area contributed by atoms with Gasteiger partial charge in [-0.3, -0.25) is 19.5 Å². The fourth-order valence-electron chi connectivity index (χ4n) is 4.24. The number of halogens is 1. The van der Waals surface area contributed by atoms with Crippen LogP contribution < -0.4 is 5.32 Å². The van der Waals surface area contributed by atoms with Crippen LogP contribution in [-0.2, 0) is 4.79 Å². The normalized spacial score (nSPS) is 11.1. The third kappa shape index (κ3) is 6.35. The van der Waals surface area contributed by atoms with Crippen LogP contribution in [-0.4, -0.2) is 39.4 Å². The predicted octanol–water partition coefficient (Wildman–Crippen LogP) is 6.54. The summed E-state index contributed by atoms with van der Waals surface area (Å²) < 4.78 is 16.2. The molecule has 0 unspecified atom stereocenters. The summed E-state index contributed by atoms with van der Waals surface area (Å²) in [6, 6.07) is 23.6. The average molecular weight is 513 g/mol. The number of imidazole rings is 1. The van der Waals surface area contributed by atoms with E-state index in [4.69, 9.17) is 4.98 Å². The molecule has 0 aliphatic heterocycles. The van der Waals surface area contributed by atoms with Crippen LogP contribution in [0.3, 0.4) is 0 Å². The first kappa shape index (κ1) is 26.8. The number of benzene rings is 3. The van der Waals surface area contributed by atoms with Crippen LogP contribution in [0.1, 0.15) is 49.5 Å². The summed E-state index contributed by atoms with van der Waals surface area (Å²) in [5.41, 5.74) is 3.62. The molecule has 0 bridgehead atoms. The zero-order valence-electron chi connectivity index (χ0n) is 22.2. The average Bonchev–Trinajstić information content (AvgIpc) is 3.32. The molecule has 0 saturated heterocycles. The quantitative estimate of drug-likeness (QED) is 0.277. The third-order valence-corrected chi connectivity index (χ3v) is 6.18. The molecule has 1 aromatic heterocycles. The van der Waals surface area contributed by atoms with Gasteiger partial charge in [0.15, 0.2) is 0 Å². The van der Waals surface area contributed by atoms with Crippen molar-refractivity contribution in [1.29, 1.82) is 0 Å². The van der Waals surface area contributed by atoms with Crippen LogP contribution in [0.5, 0.6) is 0 Å². The molecular weight excluding hydrogens is 479 g/mol. The highest BCUT2D eigenvalue weighted by Gasteiger charge is 2.23. The number of aromatic nitrogens is 2. The predicted molar refractivity (Wildman–Crippen MR) is 149 cm³/mol. The van der Waals surface area contributed by atoms with Crippen LogP contribution in [0.25, 0.3) is 16.9 Å². The first-order valence-corrected chi connectivity index (χ1v) is 12.8. The Hall–Kier alpha value is -4.26. The van der Waals surface area contributed by atoms with Crippen molar-refractivity contribution >= 4 is 17.8 Å². The first-order valence-electron chi connectivity index (χ1n) is 12.8. The molecule has 0 saturated carbocycles. The summed E-state index contributed by atoms with van der Waals surface area (Å²) in [6.45, 7) is 8.23. The summed E-state index contributed by atoms with van der Waals surface area (Å²) >= 11 is 0. The van der Waals surface area contributed by atoms with E-state index >= 15 is 0 Å². The van der Waals surface area contributed by atoms with E-state index in [1.54, 1.807) is 6.07 Å². The Morgan fingerprint density at radius 1 is 0.921 bits per heavy atom. The minimum atomic E-state index is -0.612. The van der Waals surface area contributed by atoms with Crippen LogP contribution >= 0.6 is 0 Å². The molecule has 0 aliphatic carbocycles. The molecule has 0 spiro atoms. The summed E-state index contributed by atoms with van der Waals surface area (Å²) in [4.78, 5) is 32.5. The molecule has 0 fully saturated rings. The van der Waals surface area contributed by atoms with Gasteiger partial charge in [-0.15, -0.1) is 0 Å². The van der Waals surface area contributed by atoms with Gasteiger partial charge < -0.3 is 4.90 Å². The van der Waals surface area contributed by atoms with E-state index in [0.29, 0.717) is 24.1 Å². The van der Waals surface area contributed by atoms with Gasteiger partial charge in [0, 0.05) is 24.0 Å². The Bertz CT molecular complexity index is 1400. The summed E-state index contributed by atoms with van der Waals surface area (Å²) in [7, 11) is 0. The van der Waals surface area contributed by atoms with Gasteiger partial charge in [0.2, 0.25) is 11.9 Å². The zero-order chi connectivity index (χ0) is 27.2. The maximum atomic E-state index is 14.3. The molecule has 6 nitrogen and oxygen atoms in total. The van der Waals surface area contributed by atoms with Crippen molar-refractivity contribution < 1.29 is 14.0 Å². The first-order chi connectivity index (χ1) is 18.2. The summed E-state index contributed by atoms with van der Waals surface area (Å²) in [6.07, 6.45) is 1.88. The monoisotopic (exact) mass is 512 g/mol. The molecule has 7 heteroatoms. The largest absolute Gasteiger partial charge is 0.329 e. The number of nitrogens with one attached hydrogen (secondary N) is 1. The Kier molecular flexibility index (Phi) is 8.36. The van der Waals surface area contributed by atoms with Crippen molar-refractivity contribution in [2.75, 3.05) is 18.4 Å². The molecule has 196 valence electrons. The van der Waals surface area contributed by atoms with Gasteiger partial charge in [0.25, 0.3) is 5.91 Å². The number of anilines is 1. The lowest BCUT2D eigenvalue weighted by molar-refractivity contribution is -0.117. The number of hydrogen-bond acceptors (Lipinski definition) is 3. The number of carbonyl (C=O) groups is 2. The second kappa shape index (κ2) is 11.9. The molecule has 1 heterocycles. The van der Waals surface area contributed by atoms with E-state index in [9.17, 15) is 14.0 Å². The molecule has 38 heavy (non-hydrogen) atoms. The zero-order valence-corrected chi connectivity index (χ0v) is 22.2. The number of amides is 2. The Morgan fingerprint density at radius 2 is 1.58 bits per heavy atom. The molecule has 3 aromatic carbocycles. The highest BCUT2D eigenvalue weighted by molar-refractivity contribution is 5.99. The SMILES string of the molecule is CC(C)CN(CC(=O)Nc1nc(-c2ccccc2)cn1-c1ccc(C(C)C)cc1)C(=O)c1ccccc1F. The van der Waals surface area contributed by atoms with E-state index in [1.165, 1.54) is 28.7 Å². The van der Waals surface area contributed by atoms with Crippen molar-refractivity contribution in [1.82, 2.24) is 14.5 Å². The van der Waals surface area contributed by atoms with E-state index in [1.807, 2.05) is 67.1 Å². The second-order valence-corrected chi connectivity index (χ2v) is 10.0. The fourth-order valence-corrected chi connectivity index (χ4v) is 4.24. The summed E-state index contributed by atoms with van der Waals surface area (Å²) in [5, 5.41) is 2.89. The molecule has 0 radical (unpaired) electrons. The van der Waals surface area contributed by atoms with Crippen molar-refractivity contribution in [3.05, 3.63) is 102 Å². The molecule has 0 aliphatic rings.